The number of carboxylic acids is 3. The van der Waals surface area contributed by atoms with Crippen LogP contribution in [0.15, 0.2) is 236 Å². The Labute approximate surface area is 787 Å². The van der Waals surface area contributed by atoms with Gasteiger partial charge in [-0.3, -0.25) is 4.79 Å². The monoisotopic (exact) mass is 1960 g/mol. The van der Waals surface area contributed by atoms with E-state index in [1.54, 1.807) is 0 Å². The van der Waals surface area contributed by atoms with Gasteiger partial charge in [0.05, 0.1) is 70.9 Å². The van der Waals surface area contributed by atoms with Crippen molar-refractivity contribution in [1.82, 2.24) is 0 Å². The Morgan fingerprint density at radius 2 is 0.715 bits per heavy atom. The Hall–Kier alpha value is -7.65. The Bertz CT molecular complexity index is 4320. The maximum absolute atomic E-state index is 12.7. The maximum Gasteiger partial charge on any atom is 0.422 e. The lowest BCUT2D eigenvalue weighted by atomic mass is 9.49. The molecule has 4 unspecified atom stereocenters. The zero-order valence-electron chi connectivity index (χ0n) is 80.6. The number of rotatable bonds is 28. The van der Waals surface area contributed by atoms with Gasteiger partial charge in [-0.1, -0.05) is 249 Å². The molecule has 3 N–H and O–H groups in total. The van der Waals surface area contributed by atoms with E-state index in [0.29, 0.717) is 12.8 Å². The van der Waals surface area contributed by atoms with Gasteiger partial charge in [0.1, 0.15) is 12.7 Å². The largest absolute Gasteiger partial charge is 0.547 e. The molecule has 4 saturated carbocycles. The highest BCUT2D eigenvalue weighted by Gasteiger charge is 2.56. The third kappa shape index (κ3) is 38.7. The minimum Gasteiger partial charge on any atom is -0.547 e. The lowest BCUT2D eigenvalue weighted by molar-refractivity contribution is -0.900. The number of unbranched alkanes of at least 4 members (excludes halogenated alkanes) is 4. The molecule has 0 aliphatic heterocycles. The molecule has 0 radical (unpaired) electrons. The number of carbonyl (C=O) groups is 4. The summed E-state index contributed by atoms with van der Waals surface area (Å²) < 4.78 is 106. The van der Waals surface area contributed by atoms with Crippen molar-refractivity contribution in [3.05, 3.63) is 247 Å². The number of aliphatic hydroxyl groups is 2. The van der Waals surface area contributed by atoms with E-state index in [1.165, 1.54) is 154 Å². The number of aryl methyl sites for hydroxylation is 3. The summed E-state index contributed by atoms with van der Waals surface area (Å²) in [5.41, 5.74) is 1.20. The topological polar surface area (TPSA) is 201 Å². The lowest BCUT2D eigenvalue weighted by Gasteiger charge is -2.55. The molecule has 0 amide bonds. The van der Waals surface area contributed by atoms with Gasteiger partial charge in [0.2, 0.25) is 0 Å². The van der Waals surface area contributed by atoms with E-state index in [1.807, 2.05) is 4.90 Å². The minimum absolute atomic E-state index is 0.0394. The summed E-state index contributed by atoms with van der Waals surface area (Å²) in [6, 6.07) is 76.0. The molecule has 0 saturated heterocycles. The third-order valence-electron chi connectivity index (χ3n) is 22.9. The van der Waals surface area contributed by atoms with E-state index in [-0.39, 0.29) is 90.6 Å². The van der Waals surface area contributed by atoms with Crippen LogP contribution in [-0.4, -0.2) is 102 Å². The SMILES string of the molecule is CC(C)(C)c1ccc([I+]c2ccc(C(C)(C)C)cc2)cc1.CC(C)(C)c1ccc([S+](c2ccccc2)c2ccccc2)cc1.CC(O)(C(=O)[O-])C(F)(F)F.CC(O)(C(=O)[O-])C(F)(F)F.CC(OCC(C)(F)F)C(=O)[O-].CCC(OC(=O)C12CC3CC(CC(C3)C1)C2)C(C)C.CCCCC[NH+](CCCC)CCCC.Cc1ccc([S+](c2ccc(C)cc2)c2ccc(C)cc2)cc1. The molecule has 0 spiro atoms. The number of carbonyl (C=O) groups excluding carboxylic acids is 4. The van der Waals surface area contributed by atoms with E-state index in [0.717, 1.165) is 50.4 Å². The van der Waals surface area contributed by atoms with Crippen LogP contribution in [0.4, 0.5) is 35.1 Å². The molecule has 4 aliphatic rings. The molecule has 0 aromatic heterocycles. The van der Waals surface area contributed by atoms with Gasteiger partial charge < -0.3 is 54.3 Å². The van der Waals surface area contributed by atoms with Crippen LogP contribution >= 0.6 is 0 Å². The van der Waals surface area contributed by atoms with Gasteiger partial charge >= 0.3 is 39.5 Å². The van der Waals surface area contributed by atoms with Gasteiger partial charge in [0.15, 0.2) is 47.7 Å². The number of alkyl halides is 8. The zero-order valence-corrected chi connectivity index (χ0v) is 84.4. The normalized spacial score (nSPS) is 17.2. The van der Waals surface area contributed by atoms with Crippen LogP contribution in [0.3, 0.4) is 0 Å². The third-order valence-corrected chi connectivity index (χ3v) is 30.1. The van der Waals surface area contributed by atoms with E-state index >= 15 is 0 Å². The quantitative estimate of drug-likeness (QED) is 0.0138. The van der Waals surface area contributed by atoms with Crippen molar-refractivity contribution in [2.45, 2.75) is 330 Å². The Kier molecular flexibility index (Phi) is 46.6. The number of esters is 1. The van der Waals surface area contributed by atoms with Crippen molar-refractivity contribution in [2.24, 2.45) is 29.1 Å². The van der Waals surface area contributed by atoms with Crippen molar-refractivity contribution in [2.75, 3.05) is 26.2 Å². The van der Waals surface area contributed by atoms with Gasteiger partial charge in [-0.2, -0.15) is 26.3 Å². The highest BCUT2D eigenvalue weighted by Crippen LogP contribution is 2.60. The molecule has 12 nitrogen and oxygen atoms in total. The smallest absolute Gasteiger partial charge is 0.422 e. The summed E-state index contributed by atoms with van der Waals surface area (Å²) in [6.07, 6.45) is 6.61. The molecule has 12 rings (SSSR count). The van der Waals surface area contributed by atoms with Crippen LogP contribution in [0.5, 0.6) is 0 Å². The van der Waals surface area contributed by atoms with Crippen molar-refractivity contribution in [3.63, 3.8) is 0 Å². The van der Waals surface area contributed by atoms with Crippen LogP contribution in [0, 0.1) is 57.0 Å². The fourth-order valence-electron chi connectivity index (χ4n) is 14.9. The molecule has 0 heterocycles. The Morgan fingerprint density at radius 1 is 0.431 bits per heavy atom. The lowest BCUT2D eigenvalue weighted by Crippen LogP contribution is -3.61. The highest BCUT2D eigenvalue weighted by molar-refractivity contribution is 7.97. The zero-order chi connectivity index (χ0) is 98.0. The number of ether oxygens (including phenoxy) is 2. The van der Waals surface area contributed by atoms with Gasteiger partial charge in [-0.15, -0.1) is 0 Å². The molecule has 4 fully saturated rings. The molecule has 4 atom stereocenters. The second-order valence-electron chi connectivity index (χ2n) is 38.3. The average Bonchev–Trinajstić information content (AvgIpc) is 0.738. The molecule has 8 aromatic rings. The first-order valence-corrected chi connectivity index (χ1v) is 50.1. The second-order valence-corrected chi connectivity index (χ2v) is 45.4. The number of benzene rings is 8. The standard InChI is InChI=1S/C22H23S.C21H21S.C20H26I.C17H28O2.C13H29N.C6H10F2O3.2C4H5F3O3/c1-22(2,3)18-14-16-21(17-15-18)23(19-10-6-4-7-11-19)20-12-8-5-9-13-20;1-16-4-10-19(11-5-16)22(20-12-6-17(2)7-13-20)21-14-8-18(3)9-15-21;1-19(2,3)15-7-11-17(12-8-15)21-18-13-9-16(10-14-18)20(4,5)6;1-4-15(11(2)3)19-16(18)17-8-12-5-13(9-17)7-14(6-12)10-17;1-4-7-10-13-14(11-8-5-2)12-9-6-3;1-4(5(9)10)11-3-6(2,7)8;2*1-3(10,2(8)9)4(5,6)7/h4-17H,1-3H3;4-15H,1-3H3;7-14H,1-6H3;11-15H,4-10H2,1-3H3;4-13H2,1-3H3;4H,3H2,1-2H3,(H,9,10);2*10H,1H3,(H,8,9)/q3*+1;;;;;/p-2. The molecule has 4 aliphatic carbocycles. The van der Waals surface area contributed by atoms with Crippen molar-refractivity contribution in [3.8, 4) is 0 Å². The molecular formula is C107H145F8INO11S2+. The number of nitrogens with one attached hydrogen (secondary N) is 1. The summed E-state index contributed by atoms with van der Waals surface area (Å²) in [5.74, 6) is -6.57. The number of halogens is 9. The van der Waals surface area contributed by atoms with E-state index in [2.05, 4.69) is 336 Å². The second kappa shape index (κ2) is 52.9. The predicted molar refractivity (Wildman–Crippen MR) is 498 cm³/mol. The average molecular weight is 1960 g/mol. The number of aliphatic carboxylic acids is 3. The minimum atomic E-state index is -5.19. The van der Waals surface area contributed by atoms with Gasteiger partial charge in [-0.05, 0) is 266 Å². The molecule has 130 heavy (non-hydrogen) atoms. The van der Waals surface area contributed by atoms with Gasteiger partial charge in [-0.25, -0.2) is 8.78 Å². The summed E-state index contributed by atoms with van der Waals surface area (Å²) in [4.78, 5) is 51.9. The molecule has 718 valence electrons. The number of hydrogen-bond acceptors (Lipinski definition) is 11. The van der Waals surface area contributed by atoms with Gasteiger partial charge in [0, 0.05) is 6.92 Å². The van der Waals surface area contributed by atoms with E-state index in [4.69, 9.17) is 14.9 Å². The van der Waals surface area contributed by atoms with Crippen LogP contribution in [0.25, 0.3) is 0 Å². The number of carboxylic acid groups (broad SMARTS) is 3. The van der Waals surface area contributed by atoms with Crippen LogP contribution < -0.4 is 41.4 Å². The number of hydrogen-bond donors (Lipinski definition) is 3. The summed E-state index contributed by atoms with van der Waals surface area (Å²) in [7, 11) is -0.0891. The first-order chi connectivity index (χ1) is 60.4. The molecular weight excluding hydrogens is 1820 g/mol. The Morgan fingerprint density at radius 3 is 0.962 bits per heavy atom. The summed E-state index contributed by atoms with van der Waals surface area (Å²) in [6.45, 7) is 45.4. The molecule has 4 bridgehead atoms. The first kappa shape index (κ1) is 115. The first-order valence-electron chi connectivity index (χ1n) is 45.4. The van der Waals surface area contributed by atoms with Crippen molar-refractivity contribution in [1.29, 1.82) is 0 Å². The van der Waals surface area contributed by atoms with Gasteiger partial charge in [0.25, 0.3) is 5.92 Å². The van der Waals surface area contributed by atoms with E-state index < -0.39 is 60.1 Å². The maximum atomic E-state index is 12.7. The fourth-order valence-corrected chi connectivity index (χ4v) is 21.2. The summed E-state index contributed by atoms with van der Waals surface area (Å²) >= 11 is -0.0703. The molecule has 8 aromatic carbocycles. The fraction of sp³-hybridized carbons (Fsp3) is 0.514. The van der Waals surface area contributed by atoms with Crippen LogP contribution in [0.2, 0.25) is 0 Å². The Balaban J connectivity index is 0.000000317. The molecule has 23 heteroatoms. The van der Waals surface area contributed by atoms with Crippen molar-refractivity contribution < 1.29 is 115 Å². The number of quaternary nitrogens is 1. The van der Waals surface area contributed by atoms with Crippen LogP contribution in [-0.2, 0) is 66.7 Å². The van der Waals surface area contributed by atoms with Crippen LogP contribution in [0.1, 0.15) is 255 Å². The highest BCUT2D eigenvalue weighted by atomic mass is 127. The summed E-state index contributed by atoms with van der Waals surface area (Å²) in [5, 5.41) is 45.4. The predicted octanol–water partition coefficient (Wildman–Crippen LogP) is 18.9. The van der Waals surface area contributed by atoms with Crippen molar-refractivity contribution >= 4 is 45.7 Å². The van der Waals surface area contributed by atoms with E-state index in [9.17, 15) is 69.6 Å².